The second-order valence-electron chi connectivity index (χ2n) is 7.91. The summed E-state index contributed by atoms with van der Waals surface area (Å²) >= 11 is 1.29. The summed E-state index contributed by atoms with van der Waals surface area (Å²) in [6.45, 7) is 8.26. The highest BCUT2D eigenvalue weighted by Crippen LogP contribution is 2.36. The molecular formula is C26H29NO4S. The Hall–Kier alpha value is -3.12. The van der Waals surface area contributed by atoms with Crippen LogP contribution in [-0.2, 0) is 16.0 Å². The number of nitrogens with one attached hydrogen (secondary N) is 1. The molecule has 3 rings (SSSR count). The van der Waals surface area contributed by atoms with E-state index in [1.807, 2.05) is 54.8 Å². The highest BCUT2D eigenvalue weighted by molar-refractivity contribution is 7.15. The van der Waals surface area contributed by atoms with Crippen LogP contribution < -0.4 is 10.1 Å². The van der Waals surface area contributed by atoms with E-state index in [4.69, 9.17) is 9.47 Å². The Bertz CT molecular complexity index is 1100. The van der Waals surface area contributed by atoms with E-state index in [1.165, 1.54) is 29.6 Å². The van der Waals surface area contributed by atoms with Gasteiger partial charge in [0.25, 0.3) is 5.91 Å². The molecule has 2 aromatic carbocycles. The van der Waals surface area contributed by atoms with Crippen molar-refractivity contribution in [2.24, 2.45) is 0 Å². The minimum absolute atomic E-state index is 0.153. The van der Waals surface area contributed by atoms with Crippen molar-refractivity contribution in [1.29, 1.82) is 0 Å². The number of amides is 1. The minimum Gasteiger partial charge on any atom is -0.484 e. The molecule has 0 bridgehead atoms. The maximum atomic E-state index is 12.6. The molecule has 0 saturated carbocycles. The van der Waals surface area contributed by atoms with Gasteiger partial charge in [-0.1, -0.05) is 51.1 Å². The Morgan fingerprint density at radius 1 is 1.09 bits per heavy atom. The zero-order valence-corrected chi connectivity index (χ0v) is 20.0. The van der Waals surface area contributed by atoms with Crippen LogP contribution in [0.3, 0.4) is 0 Å². The van der Waals surface area contributed by atoms with Gasteiger partial charge in [0, 0.05) is 10.9 Å². The topological polar surface area (TPSA) is 64.6 Å². The third-order valence-corrected chi connectivity index (χ3v) is 6.24. The van der Waals surface area contributed by atoms with E-state index in [2.05, 4.69) is 26.1 Å². The minimum atomic E-state index is -0.489. The number of hydrogen-bond acceptors (Lipinski definition) is 5. The number of esters is 1. The van der Waals surface area contributed by atoms with E-state index in [0.29, 0.717) is 22.2 Å². The van der Waals surface area contributed by atoms with Crippen LogP contribution in [0.4, 0.5) is 5.00 Å². The van der Waals surface area contributed by atoms with Gasteiger partial charge in [-0.3, -0.25) is 4.79 Å². The van der Waals surface area contributed by atoms with Gasteiger partial charge in [0.05, 0.1) is 7.11 Å². The fourth-order valence-electron chi connectivity index (χ4n) is 3.58. The molecule has 0 fully saturated rings. The molecule has 0 spiro atoms. The lowest BCUT2D eigenvalue weighted by molar-refractivity contribution is -0.118. The Labute approximate surface area is 193 Å². The largest absolute Gasteiger partial charge is 0.484 e. The second kappa shape index (κ2) is 10.5. The van der Waals surface area contributed by atoms with Crippen molar-refractivity contribution in [1.82, 2.24) is 0 Å². The fraction of sp³-hybridized carbons (Fsp3) is 0.308. The van der Waals surface area contributed by atoms with Gasteiger partial charge < -0.3 is 14.8 Å². The number of carbonyl (C=O) groups is 2. The zero-order chi connectivity index (χ0) is 23.3. The van der Waals surface area contributed by atoms with Gasteiger partial charge in [-0.15, -0.1) is 11.3 Å². The summed E-state index contributed by atoms with van der Waals surface area (Å²) in [5.41, 5.74) is 5.58. The average molecular weight is 452 g/mol. The first-order valence-corrected chi connectivity index (χ1v) is 11.5. The van der Waals surface area contributed by atoms with Crippen molar-refractivity contribution in [3.63, 3.8) is 0 Å². The molecular weight excluding hydrogens is 422 g/mol. The highest BCUT2D eigenvalue weighted by atomic mass is 32.1. The van der Waals surface area contributed by atoms with Crippen LogP contribution in [-0.4, -0.2) is 25.6 Å². The SMILES string of the molecule is CCc1ccc(-c2csc(NC(=O)COc3ccc(C(C)C)c(C)c3)c2C(=O)OC)cc1. The van der Waals surface area contributed by atoms with Crippen LogP contribution in [0, 0.1) is 6.92 Å². The first-order valence-electron chi connectivity index (χ1n) is 10.7. The number of carbonyl (C=O) groups excluding carboxylic acids is 2. The van der Waals surface area contributed by atoms with Crippen LogP contribution in [0.5, 0.6) is 5.75 Å². The van der Waals surface area contributed by atoms with Crippen LogP contribution in [0.15, 0.2) is 47.8 Å². The third kappa shape index (κ3) is 5.37. The lowest BCUT2D eigenvalue weighted by atomic mass is 9.98. The number of rotatable bonds is 8. The van der Waals surface area contributed by atoms with E-state index in [-0.39, 0.29) is 12.5 Å². The summed E-state index contributed by atoms with van der Waals surface area (Å²) in [5, 5.41) is 5.12. The molecule has 0 aliphatic carbocycles. The van der Waals surface area contributed by atoms with E-state index in [9.17, 15) is 9.59 Å². The van der Waals surface area contributed by atoms with Crippen molar-refractivity contribution in [2.45, 2.75) is 40.0 Å². The summed E-state index contributed by atoms with van der Waals surface area (Å²) in [4.78, 5) is 25.1. The van der Waals surface area contributed by atoms with Crippen molar-refractivity contribution < 1.29 is 19.1 Å². The van der Waals surface area contributed by atoms with Crippen molar-refractivity contribution >= 4 is 28.2 Å². The lowest BCUT2D eigenvalue weighted by Gasteiger charge is -2.12. The van der Waals surface area contributed by atoms with Crippen molar-refractivity contribution in [3.05, 3.63) is 70.1 Å². The second-order valence-corrected chi connectivity index (χ2v) is 8.79. The number of benzene rings is 2. The maximum absolute atomic E-state index is 12.6. The van der Waals surface area contributed by atoms with Gasteiger partial charge in [-0.2, -0.15) is 0 Å². The Morgan fingerprint density at radius 3 is 2.41 bits per heavy atom. The molecule has 1 amide bonds. The predicted octanol–water partition coefficient (Wildman–Crippen LogP) is 6.21. The zero-order valence-electron chi connectivity index (χ0n) is 19.2. The van der Waals surface area contributed by atoms with Gasteiger partial charge in [0.15, 0.2) is 6.61 Å². The molecule has 5 nitrogen and oxygen atoms in total. The fourth-order valence-corrected chi connectivity index (χ4v) is 4.56. The van der Waals surface area contributed by atoms with Crippen LogP contribution in [0.1, 0.15) is 53.7 Å². The molecule has 1 aromatic heterocycles. The molecule has 0 aliphatic rings. The van der Waals surface area contributed by atoms with E-state index in [0.717, 1.165) is 23.1 Å². The Morgan fingerprint density at radius 2 is 1.81 bits per heavy atom. The van der Waals surface area contributed by atoms with Crippen molar-refractivity contribution in [3.8, 4) is 16.9 Å². The molecule has 1 N–H and O–H groups in total. The molecule has 6 heteroatoms. The Balaban J connectivity index is 1.75. The Kier molecular flexibility index (Phi) is 7.70. The van der Waals surface area contributed by atoms with Gasteiger partial charge in [0.2, 0.25) is 0 Å². The summed E-state index contributed by atoms with van der Waals surface area (Å²) in [6, 6.07) is 13.9. The molecule has 0 radical (unpaired) electrons. The standard InChI is InChI=1S/C26H29NO4S/c1-6-18-7-9-19(10-8-18)22-15-32-25(24(22)26(29)30-5)27-23(28)14-31-20-11-12-21(16(2)3)17(4)13-20/h7-13,15-16H,6,14H2,1-5H3,(H,27,28). The van der Waals surface area contributed by atoms with Crippen LogP contribution >= 0.6 is 11.3 Å². The molecule has 3 aromatic rings. The average Bonchev–Trinajstić information content (AvgIpc) is 3.20. The number of aryl methyl sites for hydroxylation is 2. The van der Waals surface area contributed by atoms with Gasteiger partial charge in [0.1, 0.15) is 16.3 Å². The summed E-state index contributed by atoms with van der Waals surface area (Å²) in [7, 11) is 1.34. The summed E-state index contributed by atoms with van der Waals surface area (Å²) < 4.78 is 10.7. The predicted molar refractivity (Wildman–Crippen MR) is 130 cm³/mol. The molecule has 32 heavy (non-hydrogen) atoms. The lowest BCUT2D eigenvalue weighted by Crippen LogP contribution is -2.21. The number of methoxy groups -OCH3 is 1. The van der Waals surface area contributed by atoms with Gasteiger partial charge in [-0.05, 0) is 53.6 Å². The summed E-state index contributed by atoms with van der Waals surface area (Å²) in [5.74, 6) is 0.237. The smallest absolute Gasteiger partial charge is 0.341 e. The third-order valence-electron chi connectivity index (χ3n) is 5.34. The van der Waals surface area contributed by atoms with E-state index in [1.54, 1.807) is 0 Å². The number of anilines is 1. The molecule has 0 atom stereocenters. The molecule has 0 aliphatic heterocycles. The van der Waals surface area contributed by atoms with E-state index < -0.39 is 5.97 Å². The van der Waals surface area contributed by atoms with Gasteiger partial charge in [-0.25, -0.2) is 4.79 Å². The number of hydrogen-bond donors (Lipinski definition) is 1. The first kappa shape index (κ1) is 23.5. The number of ether oxygens (including phenoxy) is 2. The number of thiophene rings is 1. The molecule has 0 saturated heterocycles. The van der Waals surface area contributed by atoms with Crippen LogP contribution in [0.2, 0.25) is 0 Å². The maximum Gasteiger partial charge on any atom is 0.341 e. The van der Waals surface area contributed by atoms with Crippen molar-refractivity contribution in [2.75, 3.05) is 19.0 Å². The quantitative estimate of drug-likeness (QED) is 0.413. The monoisotopic (exact) mass is 451 g/mol. The van der Waals surface area contributed by atoms with Crippen LogP contribution in [0.25, 0.3) is 11.1 Å². The highest BCUT2D eigenvalue weighted by Gasteiger charge is 2.22. The van der Waals surface area contributed by atoms with Gasteiger partial charge >= 0.3 is 5.97 Å². The first-order chi connectivity index (χ1) is 15.3. The summed E-state index contributed by atoms with van der Waals surface area (Å²) in [6.07, 6.45) is 0.939. The molecule has 168 valence electrons. The van der Waals surface area contributed by atoms with E-state index >= 15 is 0 Å². The molecule has 0 unspecified atom stereocenters. The molecule has 1 heterocycles. The normalized spacial score (nSPS) is 10.8.